The zero-order valence-electron chi connectivity index (χ0n) is 20.8. The summed E-state index contributed by atoms with van der Waals surface area (Å²) >= 11 is 0. The number of ether oxygens (including phenoxy) is 3. The largest absolute Gasteiger partial charge is 0.444 e. The summed E-state index contributed by atoms with van der Waals surface area (Å²) < 4.78 is 16.2. The van der Waals surface area contributed by atoms with Gasteiger partial charge in [-0.2, -0.15) is 0 Å². The van der Waals surface area contributed by atoms with Crippen molar-refractivity contribution in [3.05, 3.63) is 0 Å². The first-order valence-electron chi connectivity index (χ1n) is 13.3. The molecule has 3 unspecified atom stereocenters. The van der Waals surface area contributed by atoms with Crippen LogP contribution in [-0.4, -0.2) is 44.2 Å². The van der Waals surface area contributed by atoms with Gasteiger partial charge in [-0.3, -0.25) is 0 Å². The van der Waals surface area contributed by atoms with Crippen molar-refractivity contribution in [2.45, 2.75) is 209 Å². The molecule has 1 aliphatic heterocycles. The maximum atomic E-state index is 11.8. The van der Waals surface area contributed by atoms with E-state index in [4.69, 9.17) is 14.2 Å². The zero-order valence-corrected chi connectivity index (χ0v) is 20.8. The van der Waals surface area contributed by atoms with Crippen LogP contribution in [-0.2, 0) is 14.2 Å². The van der Waals surface area contributed by atoms with Gasteiger partial charge in [0.15, 0.2) is 0 Å². The summed E-state index contributed by atoms with van der Waals surface area (Å²) in [6.07, 6.45) is 21.4. The Bertz CT molecular complexity index is 420. The third-order valence-electron chi connectivity index (χ3n) is 6.20. The molecule has 0 aromatic rings. The number of carbonyl (C=O) groups is 1. The molecule has 1 saturated heterocycles. The molecule has 40 heavy (non-hydrogen) atoms. The monoisotopic (exact) mass is 586 g/mol. The summed E-state index contributed by atoms with van der Waals surface area (Å²) in [4.78, 5) is 11.8. The average Bonchev–Trinajstić information content (AvgIpc) is 2.74. The average molecular weight is 586 g/mol. The predicted molar refractivity (Wildman–Crippen MR) is 189 cm³/mol. The molecular formula is C35H87NO4. The minimum absolute atomic E-state index is 0. The summed E-state index contributed by atoms with van der Waals surface area (Å²) in [6, 6.07) is 0. The van der Waals surface area contributed by atoms with Gasteiger partial charge in [0, 0.05) is 6.54 Å². The van der Waals surface area contributed by atoms with E-state index >= 15 is 0 Å². The molecule has 5 nitrogen and oxygen atoms in total. The van der Waals surface area contributed by atoms with E-state index in [0.717, 1.165) is 6.42 Å². The van der Waals surface area contributed by atoms with Crippen molar-refractivity contribution in [3.63, 3.8) is 0 Å². The van der Waals surface area contributed by atoms with Crippen molar-refractivity contribution in [2.24, 2.45) is 0 Å². The fraction of sp³-hybridized carbons (Fsp3) is 0.971. The van der Waals surface area contributed by atoms with Crippen LogP contribution in [0, 0.1) is 0 Å². The lowest BCUT2D eigenvalue weighted by Gasteiger charge is -2.34. The second-order valence-electron chi connectivity index (χ2n) is 9.36. The molecule has 1 amide bonds. The highest BCUT2D eigenvalue weighted by Crippen LogP contribution is 2.16. The molecule has 0 radical (unpaired) electrons. The van der Waals surface area contributed by atoms with Gasteiger partial charge in [0.1, 0.15) is 12.2 Å². The normalized spacial score (nSPS) is 14.8. The van der Waals surface area contributed by atoms with Crippen LogP contribution in [0.3, 0.4) is 0 Å². The van der Waals surface area contributed by atoms with Crippen molar-refractivity contribution in [2.75, 3.05) is 19.8 Å². The first kappa shape index (κ1) is 62.7. The van der Waals surface area contributed by atoms with E-state index in [1.807, 2.05) is 13.8 Å². The number of hydrogen-bond donors (Lipinski definition) is 1. The Morgan fingerprint density at radius 2 is 1.07 bits per heavy atom. The highest BCUT2D eigenvalue weighted by atomic mass is 16.6. The van der Waals surface area contributed by atoms with Crippen LogP contribution < -0.4 is 5.32 Å². The molecule has 256 valence electrons. The first-order valence-corrected chi connectivity index (χ1v) is 13.3. The number of rotatable bonds is 21. The summed E-state index contributed by atoms with van der Waals surface area (Å²) in [5.74, 6) is 0. The van der Waals surface area contributed by atoms with Gasteiger partial charge in [0.05, 0.1) is 19.3 Å². The van der Waals surface area contributed by atoms with Crippen LogP contribution in [0.15, 0.2) is 0 Å². The molecule has 1 aliphatic rings. The minimum Gasteiger partial charge on any atom is -0.444 e. The summed E-state index contributed by atoms with van der Waals surface area (Å²) in [6.45, 7) is 7.88. The second kappa shape index (κ2) is 45.2. The van der Waals surface area contributed by atoms with Gasteiger partial charge in [0.25, 0.3) is 0 Å². The van der Waals surface area contributed by atoms with Gasteiger partial charge < -0.3 is 19.5 Å². The second-order valence-corrected chi connectivity index (χ2v) is 9.36. The van der Waals surface area contributed by atoms with Crippen molar-refractivity contribution >= 4 is 6.09 Å². The van der Waals surface area contributed by atoms with Crippen molar-refractivity contribution < 1.29 is 19.0 Å². The molecule has 0 saturated carbocycles. The van der Waals surface area contributed by atoms with E-state index in [9.17, 15) is 4.79 Å². The van der Waals surface area contributed by atoms with Crippen molar-refractivity contribution in [3.8, 4) is 0 Å². The van der Waals surface area contributed by atoms with E-state index in [2.05, 4.69) is 12.2 Å². The molecular weight excluding hydrogens is 498 g/mol. The lowest BCUT2D eigenvalue weighted by molar-refractivity contribution is -0.187. The molecule has 0 aromatic heterocycles. The molecule has 0 spiro atoms. The Labute approximate surface area is 258 Å². The van der Waals surface area contributed by atoms with Crippen LogP contribution in [0.4, 0.5) is 4.79 Å². The van der Waals surface area contributed by atoms with E-state index in [1.54, 1.807) is 0 Å². The van der Waals surface area contributed by atoms with Gasteiger partial charge in [-0.15, -0.1) is 0 Å². The zero-order chi connectivity index (χ0) is 22.6. The molecule has 1 N–H and O–H groups in total. The summed E-state index contributed by atoms with van der Waals surface area (Å²) in [5, 5.41) is 2.85. The number of nitrogens with one attached hydrogen (secondary N) is 1. The fourth-order valence-electron chi connectivity index (χ4n) is 3.93. The van der Waals surface area contributed by atoms with Gasteiger partial charge in [-0.05, 0) is 20.3 Å². The van der Waals surface area contributed by atoms with E-state index in [-0.39, 0.29) is 91.2 Å². The van der Waals surface area contributed by atoms with Gasteiger partial charge in [-0.25, -0.2) is 4.79 Å². The molecule has 1 heterocycles. The van der Waals surface area contributed by atoms with Crippen LogP contribution in [0.5, 0.6) is 0 Å². The van der Waals surface area contributed by atoms with E-state index in [0.29, 0.717) is 19.8 Å². The first-order chi connectivity index (χ1) is 15.1. The van der Waals surface area contributed by atoms with Gasteiger partial charge in [0.2, 0.25) is 0 Å². The third-order valence-corrected chi connectivity index (χ3v) is 6.20. The molecule has 5 heteroatoms. The highest BCUT2D eigenvalue weighted by molar-refractivity contribution is 5.67. The highest BCUT2D eigenvalue weighted by Gasteiger charge is 2.29. The quantitative estimate of drug-likeness (QED) is 0.136. The van der Waals surface area contributed by atoms with Crippen LogP contribution in [0.2, 0.25) is 0 Å². The number of unbranched alkanes of at least 4 members (excludes halogenated alkanes) is 15. The third kappa shape index (κ3) is 37.2. The Kier molecular flexibility index (Phi) is 70.8. The smallest absolute Gasteiger partial charge is 0.407 e. The minimum atomic E-state index is -0.338. The number of alkyl carbamates (subject to hydrolysis) is 1. The number of hydrogen-bond acceptors (Lipinski definition) is 4. The Hall–Kier alpha value is -0.810. The van der Waals surface area contributed by atoms with Gasteiger partial charge >= 0.3 is 6.09 Å². The molecule has 0 bridgehead atoms. The van der Waals surface area contributed by atoms with Gasteiger partial charge in [-0.1, -0.05) is 170 Å². The fourth-order valence-corrected chi connectivity index (χ4v) is 3.93. The number of amides is 1. The lowest BCUT2D eigenvalue weighted by Crippen LogP contribution is -2.46. The molecule has 0 aliphatic carbocycles. The Balaban J connectivity index is -0.000000153. The lowest BCUT2D eigenvalue weighted by atomic mass is 10.0. The summed E-state index contributed by atoms with van der Waals surface area (Å²) in [7, 11) is 0. The Morgan fingerprint density at radius 3 is 1.40 bits per heavy atom. The molecule has 1 rings (SSSR count). The van der Waals surface area contributed by atoms with Crippen molar-refractivity contribution in [1.29, 1.82) is 0 Å². The van der Waals surface area contributed by atoms with Crippen LogP contribution in [0.25, 0.3) is 0 Å². The molecule has 3 atom stereocenters. The van der Waals surface area contributed by atoms with E-state index < -0.39 is 0 Å². The number of carbonyl (C=O) groups excluding carboxylic acids is 1. The Morgan fingerprint density at radius 1 is 0.700 bits per heavy atom. The van der Waals surface area contributed by atoms with Crippen LogP contribution >= 0.6 is 0 Å². The maximum absolute atomic E-state index is 11.8. The predicted octanol–water partition coefficient (Wildman–Crippen LogP) is 12.9. The van der Waals surface area contributed by atoms with Crippen LogP contribution in [0.1, 0.15) is 190 Å². The molecule has 1 fully saturated rings. The van der Waals surface area contributed by atoms with E-state index in [1.165, 1.54) is 96.3 Å². The topological polar surface area (TPSA) is 56.8 Å². The standard InChI is InChI=1S/C26H51NO4.9CH4/c1-4-5-6-7-8-9-10-11-12-13-14-15-16-17-18-19-20-27-26(28)31-23(2)21-30-25-22-29-24(25)3;;;;;;;;;/h23-25H,4-22H2,1-3H3,(H,27,28);9*1H4. The van der Waals surface area contributed by atoms with Crippen molar-refractivity contribution in [1.82, 2.24) is 5.32 Å². The molecule has 0 aromatic carbocycles. The SMILES string of the molecule is C.C.C.C.C.C.C.C.C.CCCCCCCCCCCCCCCCCCNC(=O)OC(C)COC1COC1C. The maximum Gasteiger partial charge on any atom is 0.407 e. The summed E-state index contributed by atoms with van der Waals surface area (Å²) in [5.41, 5.74) is 0.